The molecule has 3 nitrogen and oxygen atoms in total. The Labute approximate surface area is 119 Å². The monoisotopic (exact) mass is 280 g/mol. The average Bonchev–Trinajstić information content (AvgIpc) is 2.74. The zero-order valence-corrected chi connectivity index (χ0v) is 12.7. The van der Waals surface area contributed by atoms with E-state index in [1.807, 2.05) is 19.1 Å². The molecule has 0 radical (unpaired) electrons. The van der Waals surface area contributed by atoms with Crippen LogP contribution < -0.4 is 4.74 Å². The van der Waals surface area contributed by atoms with Crippen LogP contribution in [0.25, 0.3) is 11.0 Å². The lowest BCUT2D eigenvalue weighted by molar-refractivity contribution is 0.318. The molecule has 1 unspecified atom stereocenters. The van der Waals surface area contributed by atoms with Crippen molar-refractivity contribution in [1.82, 2.24) is 9.55 Å². The first-order valence-corrected chi connectivity index (χ1v) is 7.27. The molecular weight excluding hydrogens is 260 g/mol. The van der Waals surface area contributed by atoms with E-state index in [0.717, 1.165) is 35.6 Å². The van der Waals surface area contributed by atoms with Crippen molar-refractivity contribution in [3.05, 3.63) is 24.0 Å². The third-order valence-electron chi connectivity index (χ3n) is 3.03. The maximum absolute atomic E-state index is 6.23. The summed E-state index contributed by atoms with van der Waals surface area (Å²) in [6.07, 6.45) is 1.00. The second-order valence-electron chi connectivity index (χ2n) is 5.05. The number of hydrogen-bond acceptors (Lipinski definition) is 2. The minimum Gasteiger partial charge on any atom is -0.494 e. The molecule has 0 N–H and O–H groups in total. The van der Waals surface area contributed by atoms with Gasteiger partial charge in [-0.25, -0.2) is 4.98 Å². The van der Waals surface area contributed by atoms with Gasteiger partial charge in [0, 0.05) is 12.1 Å². The number of imidazole rings is 1. The van der Waals surface area contributed by atoms with Crippen LogP contribution in [0.15, 0.2) is 18.2 Å². The molecule has 0 spiro atoms. The van der Waals surface area contributed by atoms with Crippen LogP contribution in [0.5, 0.6) is 5.75 Å². The lowest BCUT2D eigenvalue weighted by Crippen LogP contribution is -2.06. The van der Waals surface area contributed by atoms with Gasteiger partial charge in [-0.1, -0.05) is 6.92 Å². The first-order valence-electron chi connectivity index (χ1n) is 6.83. The van der Waals surface area contributed by atoms with Crippen molar-refractivity contribution in [2.75, 3.05) is 6.61 Å². The van der Waals surface area contributed by atoms with Crippen molar-refractivity contribution in [3.8, 4) is 5.75 Å². The van der Waals surface area contributed by atoms with Gasteiger partial charge in [0.1, 0.15) is 11.6 Å². The van der Waals surface area contributed by atoms with E-state index in [1.165, 1.54) is 0 Å². The lowest BCUT2D eigenvalue weighted by atomic mass is 10.2. The largest absolute Gasteiger partial charge is 0.494 e. The third kappa shape index (κ3) is 2.86. The molecule has 0 aliphatic carbocycles. The molecule has 1 aromatic carbocycles. The molecule has 1 heterocycles. The molecule has 0 aliphatic heterocycles. The number of ether oxygens (including phenoxy) is 1. The zero-order valence-electron chi connectivity index (χ0n) is 12.0. The first-order chi connectivity index (χ1) is 9.04. The Hall–Kier alpha value is -1.22. The van der Waals surface area contributed by atoms with Gasteiger partial charge in [-0.3, -0.25) is 0 Å². The number of fused-ring (bicyclic) bond motifs is 1. The number of rotatable bonds is 5. The fraction of sp³-hybridized carbons (Fsp3) is 0.533. The van der Waals surface area contributed by atoms with Gasteiger partial charge in [0.2, 0.25) is 0 Å². The SMILES string of the molecule is CCCOc1ccc2c(c1)nc(C(C)Cl)n2C(C)C. The number of aromatic nitrogens is 2. The second-order valence-corrected chi connectivity index (χ2v) is 5.70. The Kier molecular flexibility index (Phi) is 4.35. The number of hydrogen-bond donors (Lipinski definition) is 0. The van der Waals surface area contributed by atoms with Crippen molar-refractivity contribution in [1.29, 1.82) is 0 Å². The number of halogens is 1. The summed E-state index contributed by atoms with van der Waals surface area (Å²) in [4.78, 5) is 4.65. The molecule has 104 valence electrons. The summed E-state index contributed by atoms with van der Waals surface area (Å²) in [7, 11) is 0. The summed E-state index contributed by atoms with van der Waals surface area (Å²) < 4.78 is 7.84. The third-order valence-corrected chi connectivity index (χ3v) is 3.23. The van der Waals surface area contributed by atoms with E-state index in [4.69, 9.17) is 16.3 Å². The van der Waals surface area contributed by atoms with E-state index in [2.05, 4.69) is 36.4 Å². The molecule has 1 atom stereocenters. The molecule has 0 saturated carbocycles. The molecule has 0 amide bonds. The summed E-state index contributed by atoms with van der Waals surface area (Å²) in [6, 6.07) is 6.40. The molecule has 19 heavy (non-hydrogen) atoms. The number of benzene rings is 1. The van der Waals surface area contributed by atoms with E-state index in [-0.39, 0.29) is 5.38 Å². The minimum atomic E-state index is -0.102. The van der Waals surface area contributed by atoms with Crippen molar-refractivity contribution in [2.45, 2.75) is 45.5 Å². The fourth-order valence-corrected chi connectivity index (χ4v) is 2.38. The van der Waals surface area contributed by atoms with Gasteiger partial charge in [0.05, 0.1) is 23.0 Å². The normalized spacial score (nSPS) is 13.2. The van der Waals surface area contributed by atoms with E-state index >= 15 is 0 Å². The molecule has 1 aromatic heterocycles. The number of nitrogens with zero attached hydrogens (tertiary/aromatic N) is 2. The molecule has 0 saturated heterocycles. The maximum atomic E-state index is 6.23. The minimum absolute atomic E-state index is 0.102. The van der Waals surface area contributed by atoms with E-state index in [0.29, 0.717) is 6.04 Å². The molecule has 0 aliphatic rings. The van der Waals surface area contributed by atoms with Gasteiger partial charge in [-0.05, 0) is 39.3 Å². The highest BCUT2D eigenvalue weighted by atomic mass is 35.5. The second kappa shape index (κ2) is 5.83. The Bertz CT molecular complexity index is 561. The van der Waals surface area contributed by atoms with Crippen molar-refractivity contribution in [3.63, 3.8) is 0 Å². The summed E-state index contributed by atoms with van der Waals surface area (Å²) in [5, 5.41) is -0.102. The predicted octanol–water partition coefficient (Wildman–Crippen LogP) is 4.71. The van der Waals surface area contributed by atoms with Crippen LogP contribution in [0.1, 0.15) is 51.4 Å². The van der Waals surface area contributed by atoms with Crippen LogP contribution in [0.2, 0.25) is 0 Å². The van der Waals surface area contributed by atoms with Gasteiger partial charge in [0.25, 0.3) is 0 Å². The Morgan fingerprint density at radius 3 is 2.63 bits per heavy atom. The van der Waals surface area contributed by atoms with Crippen LogP contribution >= 0.6 is 11.6 Å². The van der Waals surface area contributed by atoms with Gasteiger partial charge in [-0.15, -0.1) is 11.6 Å². The Morgan fingerprint density at radius 2 is 2.05 bits per heavy atom. The van der Waals surface area contributed by atoms with Crippen LogP contribution in [0.3, 0.4) is 0 Å². The molecule has 2 aromatic rings. The van der Waals surface area contributed by atoms with Crippen LogP contribution in [-0.4, -0.2) is 16.2 Å². The van der Waals surface area contributed by atoms with Gasteiger partial charge >= 0.3 is 0 Å². The molecule has 0 fully saturated rings. The molecule has 2 rings (SSSR count). The van der Waals surface area contributed by atoms with Gasteiger partial charge < -0.3 is 9.30 Å². The smallest absolute Gasteiger partial charge is 0.127 e. The van der Waals surface area contributed by atoms with Crippen molar-refractivity contribution >= 4 is 22.6 Å². The summed E-state index contributed by atoms with van der Waals surface area (Å²) in [5.74, 6) is 1.79. The quantitative estimate of drug-likeness (QED) is 0.742. The summed E-state index contributed by atoms with van der Waals surface area (Å²) >= 11 is 6.23. The topological polar surface area (TPSA) is 27.1 Å². The molecule has 4 heteroatoms. The van der Waals surface area contributed by atoms with Crippen LogP contribution in [-0.2, 0) is 0 Å². The van der Waals surface area contributed by atoms with Crippen molar-refractivity contribution < 1.29 is 4.74 Å². The van der Waals surface area contributed by atoms with Crippen LogP contribution in [0.4, 0.5) is 0 Å². The first kappa shape index (κ1) is 14.2. The summed E-state index contributed by atoms with van der Waals surface area (Å²) in [5.41, 5.74) is 2.06. The standard InChI is InChI=1S/C15H21ClN2O/c1-5-8-19-12-6-7-14-13(9-12)17-15(11(4)16)18(14)10(2)3/h6-7,9-11H,5,8H2,1-4H3. The average molecular weight is 281 g/mol. The van der Waals surface area contributed by atoms with Crippen molar-refractivity contribution in [2.24, 2.45) is 0 Å². The maximum Gasteiger partial charge on any atom is 0.127 e. The lowest BCUT2D eigenvalue weighted by Gasteiger charge is -2.14. The van der Waals surface area contributed by atoms with Gasteiger partial charge in [-0.2, -0.15) is 0 Å². The highest BCUT2D eigenvalue weighted by molar-refractivity contribution is 6.20. The van der Waals surface area contributed by atoms with E-state index in [1.54, 1.807) is 0 Å². The Balaban J connectivity index is 2.50. The zero-order chi connectivity index (χ0) is 14.0. The molecule has 0 bridgehead atoms. The highest BCUT2D eigenvalue weighted by Crippen LogP contribution is 2.29. The van der Waals surface area contributed by atoms with E-state index in [9.17, 15) is 0 Å². The van der Waals surface area contributed by atoms with Gasteiger partial charge in [0.15, 0.2) is 0 Å². The Morgan fingerprint density at radius 1 is 1.32 bits per heavy atom. The fourth-order valence-electron chi connectivity index (χ4n) is 2.23. The van der Waals surface area contributed by atoms with Crippen LogP contribution in [0, 0.1) is 0 Å². The van der Waals surface area contributed by atoms with E-state index < -0.39 is 0 Å². The summed E-state index contributed by atoms with van der Waals surface area (Å²) in [6.45, 7) is 9.07. The number of alkyl halides is 1. The molecular formula is C15H21ClN2O. The highest BCUT2D eigenvalue weighted by Gasteiger charge is 2.17. The predicted molar refractivity (Wildman–Crippen MR) is 80.2 cm³/mol.